The summed E-state index contributed by atoms with van der Waals surface area (Å²) in [5, 5.41) is 3.66. The summed E-state index contributed by atoms with van der Waals surface area (Å²) in [6.07, 6.45) is 5.75. The van der Waals surface area contributed by atoms with Crippen LogP contribution in [0.1, 0.15) is 53.4 Å². The number of piperidine rings is 1. The van der Waals surface area contributed by atoms with Gasteiger partial charge in [0.15, 0.2) is 0 Å². The van der Waals surface area contributed by atoms with Crippen molar-refractivity contribution in [1.82, 2.24) is 10.2 Å². The summed E-state index contributed by atoms with van der Waals surface area (Å²) in [5.41, 5.74) is 0. The molecule has 0 radical (unpaired) electrons. The van der Waals surface area contributed by atoms with Gasteiger partial charge in [0.2, 0.25) is 0 Å². The molecule has 0 aromatic rings. The molecule has 1 aliphatic heterocycles. The van der Waals surface area contributed by atoms with E-state index >= 15 is 0 Å². The first-order valence-corrected chi connectivity index (χ1v) is 8.52. The molecule has 19 heavy (non-hydrogen) atoms. The molecule has 1 aliphatic carbocycles. The second-order valence-corrected chi connectivity index (χ2v) is 7.57. The van der Waals surface area contributed by atoms with Crippen LogP contribution in [0.2, 0.25) is 0 Å². The van der Waals surface area contributed by atoms with E-state index in [9.17, 15) is 0 Å². The predicted octanol–water partition coefficient (Wildman–Crippen LogP) is 3.38. The second-order valence-electron chi connectivity index (χ2n) is 7.57. The van der Waals surface area contributed by atoms with E-state index in [0.29, 0.717) is 0 Å². The third kappa shape index (κ3) is 4.19. The van der Waals surface area contributed by atoms with Gasteiger partial charge in [0.1, 0.15) is 0 Å². The lowest BCUT2D eigenvalue weighted by Crippen LogP contribution is -2.53. The van der Waals surface area contributed by atoms with Crippen molar-refractivity contribution >= 4 is 0 Å². The molecule has 0 spiro atoms. The van der Waals surface area contributed by atoms with Gasteiger partial charge in [0, 0.05) is 6.04 Å². The Kier molecular flexibility index (Phi) is 5.70. The summed E-state index contributed by atoms with van der Waals surface area (Å²) in [6, 6.07) is 0.896. The fraction of sp³-hybridized carbons (Fsp3) is 1.00. The highest BCUT2D eigenvalue weighted by Crippen LogP contribution is 2.35. The molecule has 0 amide bonds. The van der Waals surface area contributed by atoms with Gasteiger partial charge in [-0.2, -0.15) is 0 Å². The highest BCUT2D eigenvalue weighted by molar-refractivity contribution is 4.92. The molecule has 1 saturated carbocycles. The first-order chi connectivity index (χ1) is 9.08. The van der Waals surface area contributed by atoms with Crippen molar-refractivity contribution in [2.75, 3.05) is 26.2 Å². The molecule has 2 atom stereocenters. The van der Waals surface area contributed by atoms with Crippen LogP contribution < -0.4 is 5.32 Å². The Bertz CT molecular complexity index is 254. The summed E-state index contributed by atoms with van der Waals surface area (Å²) in [4.78, 5) is 2.80. The average Bonchev–Trinajstić information content (AvgIpc) is 2.33. The summed E-state index contributed by atoms with van der Waals surface area (Å²) >= 11 is 0. The molecular weight excluding hydrogens is 232 g/mol. The van der Waals surface area contributed by atoms with Crippen molar-refractivity contribution in [1.29, 1.82) is 0 Å². The zero-order chi connectivity index (χ0) is 13.8. The molecule has 2 heteroatoms. The van der Waals surface area contributed by atoms with Crippen LogP contribution in [0.4, 0.5) is 0 Å². The molecule has 0 bridgehead atoms. The minimum atomic E-state index is 0.778. The molecule has 2 rings (SSSR count). The Morgan fingerprint density at radius 3 is 2.16 bits per heavy atom. The van der Waals surface area contributed by atoms with Crippen LogP contribution in [0.3, 0.4) is 0 Å². The first-order valence-electron chi connectivity index (χ1n) is 8.52. The second kappa shape index (κ2) is 7.08. The third-order valence-corrected chi connectivity index (χ3v) is 5.32. The highest BCUT2D eigenvalue weighted by atomic mass is 15.2. The maximum atomic E-state index is 3.66. The number of hydrogen-bond acceptors (Lipinski definition) is 2. The molecule has 1 saturated heterocycles. The van der Waals surface area contributed by atoms with Crippen molar-refractivity contribution in [3.63, 3.8) is 0 Å². The van der Waals surface area contributed by atoms with Gasteiger partial charge in [-0.05, 0) is 75.5 Å². The van der Waals surface area contributed by atoms with Gasteiger partial charge in [0.25, 0.3) is 0 Å². The normalized spacial score (nSPS) is 30.0. The Morgan fingerprint density at radius 1 is 1.00 bits per heavy atom. The van der Waals surface area contributed by atoms with E-state index in [1.807, 2.05) is 0 Å². The number of rotatable bonds is 6. The smallest absolute Gasteiger partial charge is 0.0136 e. The molecule has 2 unspecified atom stereocenters. The van der Waals surface area contributed by atoms with Crippen LogP contribution in [0.25, 0.3) is 0 Å². The van der Waals surface area contributed by atoms with Crippen LogP contribution in [0.5, 0.6) is 0 Å². The Labute approximate surface area is 120 Å². The fourth-order valence-electron chi connectivity index (χ4n) is 3.75. The van der Waals surface area contributed by atoms with Gasteiger partial charge in [-0.3, -0.25) is 0 Å². The lowest BCUT2D eigenvalue weighted by atomic mass is 9.76. The van der Waals surface area contributed by atoms with E-state index in [1.165, 1.54) is 51.9 Å². The Morgan fingerprint density at radius 2 is 1.68 bits per heavy atom. The van der Waals surface area contributed by atoms with Gasteiger partial charge < -0.3 is 10.2 Å². The van der Waals surface area contributed by atoms with Gasteiger partial charge in [-0.15, -0.1) is 0 Å². The van der Waals surface area contributed by atoms with Gasteiger partial charge >= 0.3 is 0 Å². The zero-order valence-corrected chi connectivity index (χ0v) is 13.5. The van der Waals surface area contributed by atoms with Gasteiger partial charge in [-0.25, -0.2) is 0 Å². The van der Waals surface area contributed by atoms with Crippen LogP contribution in [-0.4, -0.2) is 37.1 Å². The van der Waals surface area contributed by atoms with Crippen LogP contribution in [-0.2, 0) is 0 Å². The SMILES string of the molecule is CC(C)CNCC1CCC1N1CCC(C(C)C)CC1. The van der Waals surface area contributed by atoms with Crippen LogP contribution >= 0.6 is 0 Å². The summed E-state index contributed by atoms with van der Waals surface area (Å²) < 4.78 is 0. The Hall–Kier alpha value is -0.0800. The quantitative estimate of drug-likeness (QED) is 0.793. The monoisotopic (exact) mass is 266 g/mol. The van der Waals surface area contributed by atoms with Crippen molar-refractivity contribution in [2.24, 2.45) is 23.7 Å². The van der Waals surface area contributed by atoms with Crippen LogP contribution in [0.15, 0.2) is 0 Å². The topological polar surface area (TPSA) is 15.3 Å². The molecule has 2 fully saturated rings. The van der Waals surface area contributed by atoms with E-state index in [0.717, 1.165) is 29.7 Å². The number of likely N-dealkylation sites (tertiary alicyclic amines) is 1. The van der Waals surface area contributed by atoms with Crippen LogP contribution in [0, 0.1) is 23.7 Å². The molecule has 0 aromatic heterocycles. The molecule has 2 aliphatic rings. The van der Waals surface area contributed by atoms with E-state index in [1.54, 1.807) is 0 Å². The average molecular weight is 266 g/mol. The number of nitrogens with one attached hydrogen (secondary N) is 1. The van der Waals surface area contributed by atoms with Crippen molar-refractivity contribution < 1.29 is 0 Å². The van der Waals surface area contributed by atoms with E-state index < -0.39 is 0 Å². The summed E-state index contributed by atoms with van der Waals surface area (Å²) in [5.74, 6) is 3.57. The molecule has 0 aromatic carbocycles. The summed E-state index contributed by atoms with van der Waals surface area (Å²) in [7, 11) is 0. The molecular formula is C17H34N2. The van der Waals surface area contributed by atoms with E-state index in [4.69, 9.17) is 0 Å². The zero-order valence-electron chi connectivity index (χ0n) is 13.5. The minimum absolute atomic E-state index is 0.778. The van der Waals surface area contributed by atoms with Crippen molar-refractivity contribution in [3.8, 4) is 0 Å². The van der Waals surface area contributed by atoms with E-state index in [-0.39, 0.29) is 0 Å². The number of nitrogens with zero attached hydrogens (tertiary/aromatic N) is 1. The molecule has 1 N–H and O–H groups in total. The summed E-state index contributed by atoms with van der Waals surface area (Å²) in [6.45, 7) is 14.5. The Balaban J connectivity index is 1.68. The first kappa shape index (κ1) is 15.3. The number of hydrogen-bond donors (Lipinski definition) is 1. The largest absolute Gasteiger partial charge is 0.316 e. The van der Waals surface area contributed by atoms with Crippen molar-refractivity contribution in [2.45, 2.75) is 59.4 Å². The van der Waals surface area contributed by atoms with Crippen molar-refractivity contribution in [3.05, 3.63) is 0 Å². The molecule has 112 valence electrons. The van der Waals surface area contributed by atoms with Gasteiger partial charge in [0.05, 0.1) is 0 Å². The predicted molar refractivity (Wildman–Crippen MR) is 83.4 cm³/mol. The standard InChI is InChI=1S/C17H34N2/c1-13(2)11-18-12-16-5-6-17(16)19-9-7-15(8-10-19)14(3)4/h13-18H,5-12H2,1-4H3. The fourth-order valence-corrected chi connectivity index (χ4v) is 3.75. The third-order valence-electron chi connectivity index (χ3n) is 5.32. The molecule has 2 nitrogen and oxygen atoms in total. The highest BCUT2D eigenvalue weighted by Gasteiger charge is 2.36. The maximum absolute atomic E-state index is 3.66. The van der Waals surface area contributed by atoms with Gasteiger partial charge in [-0.1, -0.05) is 27.7 Å². The molecule has 1 heterocycles. The minimum Gasteiger partial charge on any atom is -0.316 e. The maximum Gasteiger partial charge on any atom is 0.0136 e. The lowest BCUT2D eigenvalue weighted by molar-refractivity contribution is 0.0279. The lowest BCUT2D eigenvalue weighted by Gasteiger charge is -2.47. The van der Waals surface area contributed by atoms with E-state index in [2.05, 4.69) is 37.9 Å².